The molecule has 0 bridgehead atoms. The molecule has 0 unspecified atom stereocenters. The molecule has 0 aromatic heterocycles. The van der Waals surface area contributed by atoms with Gasteiger partial charge in [-0.25, -0.2) is 0 Å². The van der Waals surface area contributed by atoms with Gasteiger partial charge in [-0.2, -0.15) is 0 Å². The fraction of sp³-hybridized carbons (Fsp3) is 0.462. The highest BCUT2D eigenvalue weighted by Crippen LogP contribution is 2.13. The maximum absolute atomic E-state index is 8.62. The summed E-state index contributed by atoms with van der Waals surface area (Å²) in [6.07, 6.45) is 0. The van der Waals surface area contributed by atoms with Crippen LogP contribution < -0.4 is 5.73 Å². The number of hydrogen-bond acceptors (Lipinski definition) is 3. The third-order valence-corrected chi connectivity index (χ3v) is 3.03. The van der Waals surface area contributed by atoms with Crippen LogP contribution >= 0.6 is 0 Å². The first-order valence-corrected chi connectivity index (χ1v) is 5.92. The molecule has 94 valence electrons. The molecule has 0 aliphatic rings. The Hall–Kier alpha value is -1.55. The lowest BCUT2D eigenvalue weighted by Gasteiger charge is -2.19. The van der Waals surface area contributed by atoms with Crippen molar-refractivity contribution in [1.29, 1.82) is 0 Å². The number of aryl methyl sites for hydroxylation is 1. The van der Waals surface area contributed by atoms with Crippen molar-refractivity contribution < 1.29 is 5.21 Å². The van der Waals surface area contributed by atoms with E-state index in [4.69, 9.17) is 10.9 Å². The number of hydrogen-bond donors (Lipinski definition) is 2. The SMILES string of the molecule is CCN(CC)Cc1ccc(/C(N)=N/O)cc1C. The lowest BCUT2D eigenvalue weighted by molar-refractivity contribution is 0.295. The summed E-state index contributed by atoms with van der Waals surface area (Å²) < 4.78 is 0. The van der Waals surface area contributed by atoms with Crippen molar-refractivity contribution in [3.8, 4) is 0 Å². The predicted molar refractivity (Wildman–Crippen MR) is 70.3 cm³/mol. The third kappa shape index (κ3) is 3.46. The smallest absolute Gasteiger partial charge is 0.170 e. The average Bonchev–Trinajstić information content (AvgIpc) is 2.36. The fourth-order valence-electron chi connectivity index (χ4n) is 1.78. The second-order valence-corrected chi connectivity index (χ2v) is 4.09. The van der Waals surface area contributed by atoms with Gasteiger partial charge in [0.05, 0.1) is 0 Å². The predicted octanol–water partition coefficient (Wildman–Crippen LogP) is 1.93. The first-order valence-electron chi connectivity index (χ1n) is 5.92. The van der Waals surface area contributed by atoms with Crippen LogP contribution in [0.15, 0.2) is 23.4 Å². The van der Waals surface area contributed by atoms with Crippen molar-refractivity contribution in [2.45, 2.75) is 27.3 Å². The Morgan fingerprint density at radius 2 is 2.00 bits per heavy atom. The van der Waals surface area contributed by atoms with E-state index in [9.17, 15) is 0 Å². The van der Waals surface area contributed by atoms with Crippen LogP contribution in [0.4, 0.5) is 0 Å². The van der Waals surface area contributed by atoms with E-state index in [1.165, 1.54) is 11.1 Å². The van der Waals surface area contributed by atoms with Gasteiger partial charge < -0.3 is 10.9 Å². The molecule has 1 rings (SSSR count). The van der Waals surface area contributed by atoms with Crippen molar-refractivity contribution in [3.05, 3.63) is 34.9 Å². The molecule has 0 aliphatic carbocycles. The van der Waals surface area contributed by atoms with Crippen LogP contribution in [-0.2, 0) is 6.54 Å². The summed E-state index contributed by atoms with van der Waals surface area (Å²) in [5.74, 6) is 0.155. The highest BCUT2D eigenvalue weighted by Gasteiger charge is 2.06. The maximum atomic E-state index is 8.62. The largest absolute Gasteiger partial charge is 0.409 e. The molecule has 1 aromatic carbocycles. The summed E-state index contributed by atoms with van der Waals surface area (Å²) in [6, 6.07) is 5.88. The van der Waals surface area contributed by atoms with Crippen LogP contribution in [0, 0.1) is 6.92 Å². The number of rotatable bonds is 5. The van der Waals surface area contributed by atoms with Gasteiger partial charge in [0, 0.05) is 12.1 Å². The molecule has 0 saturated carbocycles. The number of nitrogens with two attached hydrogens (primary N) is 1. The standard InChI is InChI=1S/C13H21N3O/c1-4-16(5-2)9-12-7-6-11(8-10(12)3)13(14)15-17/h6-8,17H,4-5,9H2,1-3H3,(H2,14,15). The zero-order chi connectivity index (χ0) is 12.8. The molecule has 0 radical (unpaired) electrons. The van der Waals surface area contributed by atoms with Crippen molar-refractivity contribution in [2.75, 3.05) is 13.1 Å². The van der Waals surface area contributed by atoms with Crippen molar-refractivity contribution in [1.82, 2.24) is 4.90 Å². The molecule has 0 saturated heterocycles. The van der Waals surface area contributed by atoms with Crippen molar-refractivity contribution in [3.63, 3.8) is 0 Å². The van der Waals surface area contributed by atoms with Gasteiger partial charge in [0.1, 0.15) is 0 Å². The normalized spacial score (nSPS) is 12.1. The Morgan fingerprint density at radius 3 is 2.47 bits per heavy atom. The number of amidine groups is 1. The van der Waals surface area contributed by atoms with Crippen LogP contribution in [0.5, 0.6) is 0 Å². The second kappa shape index (κ2) is 6.25. The average molecular weight is 235 g/mol. The zero-order valence-corrected chi connectivity index (χ0v) is 10.8. The van der Waals surface area contributed by atoms with Gasteiger partial charge in [0.25, 0.3) is 0 Å². The summed E-state index contributed by atoms with van der Waals surface area (Å²) in [7, 11) is 0. The molecule has 3 N–H and O–H groups in total. The lowest BCUT2D eigenvalue weighted by Crippen LogP contribution is -2.22. The highest BCUT2D eigenvalue weighted by molar-refractivity contribution is 5.97. The molecule has 0 aliphatic heterocycles. The molecule has 17 heavy (non-hydrogen) atoms. The summed E-state index contributed by atoms with van der Waals surface area (Å²) >= 11 is 0. The zero-order valence-electron chi connectivity index (χ0n) is 10.8. The van der Waals surface area contributed by atoms with E-state index in [2.05, 4.69) is 23.9 Å². The Labute approximate surface area is 103 Å². The fourth-order valence-corrected chi connectivity index (χ4v) is 1.78. The summed E-state index contributed by atoms with van der Waals surface area (Å²) in [5.41, 5.74) is 8.76. The van der Waals surface area contributed by atoms with Crippen LogP contribution in [-0.4, -0.2) is 29.0 Å². The first-order chi connectivity index (χ1) is 8.12. The van der Waals surface area contributed by atoms with E-state index in [1.807, 2.05) is 25.1 Å². The Balaban J connectivity index is 2.90. The molecular formula is C13H21N3O. The maximum Gasteiger partial charge on any atom is 0.170 e. The Bertz CT molecular complexity index is 398. The van der Waals surface area contributed by atoms with Crippen LogP contribution in [0.25, 0.3) is 0 Å². The van der Waals surface area contributed by atoms with E-state index in [1.54, 1.807) is 0 Å². The number of nitrogens with zero attached hydrogens (tertiary/aromatic N) is 2. The van der Waals surface area contributed by atoms with Crippen LogP contribution in [0.1, 0.15) is 30.5 Å². The highest BCUT2D eigenvalue weighted by atomic mass is 16.4. The molecular weight excluding hydrogens is 214 g/mol. The topological polar surface area (TPSA) is 61.8 Å². The van der Waals surface area contributed by atoms with Crippen LogP contribution in [0.2, 0.25) is 0 Å². The minimum absolute atomic E-state index is 0.155. The molecule has 0 amide bonds. The van der Waals surface area contributed by atoms with Gasteiger partial charge in [0.15, 0.2) is 5.84 Å². The third-order valence-electron chi connectivity index (χ3n) is 3.03. The van der Waals surface area contributed by atoms with E-state index in [0.717, 1.165) is 25.2 Å². The van der Waals surface area contributed by atoms with E-state index in [0.29, 0.717) is 0 Å². The monoisotopic (exact) mass is 235 g/mol. The minimum Gasteiger partial charge on any atom is -0.409 e. The molecule has 4 nitrogen and oxygen atoms in total. The molecule has 1 aromatic rings. The minimum atomic E-state index is 0.155. The van der Waals surface area contributed by atoms with E-state index in [-0.39, 0.29) is 5.84 Å². The number of benzene rings is 1. The lowest BCUT2D eigenvalue weighted by atomic mass is 10.0. The number of oxime groups is 1. The first kappa shape index (κ1) is 13.5. The Morgan fingerprint density at radius 1 is 1.35 bits per heavy atom. The summed E-state index contributed by atoms with van der Waals surface area (Å²) in [5, 5.41) is 11.6. The van der Waals surface area contributed by atoms with Gasteiger partial charge in [-0.15, -0.1) is 0 Å². The molecule has 0 fully saturated rings. The van der Waals surface area contributed by atoms with Gasteiger partial charge in [-0.3, -0.25) is 4.90 Å². The van der Waals surface area contributed by atoms with Gasteiger partial charge in [0.2, 0.25) is 0 Å². The van der Waals surface area contributed by atoms with Crippen LogP contribution in [0.3, 0.4) is 0 Å². The molecule has 0 atom stereocenters. The second-order valence-electron chi connectivity index (χ2n) is 4.09. The molecule has 0 heterocycles. The Kier molecular flexibility index (Phi) is 4.97. The van der Waals surface area contributed by atoms with Crippen molar-refractivity contribution in [2.24, 2.45) is 10.9 Å². The molecule has 4 heteroatoms. The van der Waals surface area contributed by atoms with E-state index < -0.39 is 0 Å². The van der Waals surface area contributed by atoms with Gasteiger partial charge >= 0.3 is 0 Å². The molecule has 0 spiro atoms. The van der Waals surface area contributed by atoms with Gasteiger partial charge in [-0.1, -0.05) is 31.1 Å². The van der Waals surface area contributed by atoms with Gasteiger partial charge in [-0.05, 0) is 37.2 Å². The summed E-state index contributed by atoms with van der Waals surface area (Å²) in [6.45, 7) is 9.38. The quantitative estimate of drug-likeness (QED) is 0.355. The summed E-state index contributed by atoms with van der Waals surface area (Å²) in [4.78, 5) is 2.35. The van der Waals surface area contributed by atoms with E-state index >= 15 is 0 Å². The van der Waals surface area contributed by atoms with Crippen molar-refractivity contribution >= 4 is 5.84 Å².